The Balaban J connectivity index is 1.48. The van der Waals surface area contributed by atoms with Gasteiger partial charge in [0.05, 0.1) is 12.1 Å². The Morgan fingerprint density at radius 1 is 1.04 bits per heavy atom. The number of urea groups is 1. The Kier molecular flexibility index (Phi) is 5.49. The molecule has 3 N–H and O–H groups in total. The van der Waals surface area contributed by atoms with Crippen LogP contribution in [0.1, 0.15) is 30.0 Å². The molecular formula is C20H24N2O2. The van der Waals surface area contributed by atoms with Crippen molar-refractivity contribution in [1.82, 2.24) is 10.6 Å². The first kappa shape index (κ1) is 16.5. The third-order valence-electron chi connectivity index (χ3n) is 4.35. The summed E-state index contributed by atoms with van der Waals surface area (Å²) in [5.41, 5.74) is 2.20. The Bertz CT molecular complexity index is 641. The fourth-order valence-corrected chi connectivity index (χ4v) is 2.92. The lowest BCUT2D eigenvalue weighted by Gasteiger charge is -2.20. The maximum atomic E-state index is 12.2. The monoisotopic (exact) mass is 324 g/mol. The van der Waals surface area contributed by atoms with Crippen molar-refractivity contribution in [3.8, 4) is 0 Å². The zero-order valence-electron chi connectivity index (χ0n) is 13.7. The molecule has 0 aromatic heterocycles. The van der Waals surface area contributed by atoms with Crippen LogP contribution in [0.2, 0.25) is 0 Å². The van der Waals surface area contributed by atoms with E-state index in [1.54, 1.807) is 0 Å². The largest absolute Gasteiger partial charge is 0.391 e. The van der Waals surface area contributed by atoms with Gasteiger partial charge in [0.25, 0.3) is 0 Å². The summed E-state index contributed by atoms with van der Waals surface area (Å²) in [4.78, 5) is 12.2. The number of aliphatic hydroxyl groups is 1. The molecule has 0 saturated heterocycles. The highest BCUT2D eigenvalue weighted by atomic mass is 16.3. The van der Waals surface area contributed by atoms with Crippen molar-refractivity contribution in [1.29, 1.82) is 0 Å². The van der Waals surface area contributed by atoms with Gasteiger partial charge in [0.2, 0.25) is 0 Å². The summed E-state index contributed by atoms with van der Waals surface area (Å²) in [6, 6.07) is 19.7. The van der Waals surface area contributed by atoms with E-state index in [9.17, 15) is 9.90 Å². The van der Waals surface area contributed by atoms with E-state index in [4.69, 9.17) is 0 Å². The quantitative estimate of drug-likeness (QED) is 0.733. The minimum atomic E-state index is -0.589. The molecule has 4 nitrogen and oxygen atoms in total. The van der Waals surface area contributed by atoms with Gasteiger partial charge in [0.1, 0.15) is 0 Å². The van der Waals surface area contributed by atoms with Crippen molar-refractivity contribution in [2.75, 3.05) is 6.54 Å². The molecule has 2 amide bonds. The van der Waals surface area contributed by atoms with E-state index < -0.39 is 6.10 Å². The maximum absolute atomic E-state index is 12.2. The molecule has 0 aliphatic heterocycles. The number of aliphatic hydroxyl groups excluding tert-OH is 1. The van der Waals surface area contributed by atoms with Crippen molar-refractivity contribution in [2.24, 2.45) is 5.92 Å². The topological polar surface area (TPSA) is 61.4 Å². The number of hydrogen-bond donors (Lipinski definition) is 3. The van der Waals surface area contributed by atoms with Crippen LogP contribution in [0.3, 0.4) is 0 Å². The minimum Gasteiger partial charge on any atom is -0.391 e. The second-order valence-corrected chi connectivity index (χ2v) is 6.42. The molecule has 2 aromatic carbocycles. The molecule has 1 saturated carbocycles. The Labute approximate surface area is 142 Å². The van der Waals surface area contributed by atoms with Crippen molar-refractivity contribution >= 4 is 6.03 Å². The van der Waals surface area contributed by atoms with Gasteiger partial charge in [-0.25, -0.2) is 4.79 Å². The Hall–Kier alpha value is -2.33. The predicted molar refractivity (Wildman–Crippen MR) is 94.6 cm³/mol. The molecule has 1 aliphatic rings. The summed E-state index contributed by atoms with van der Waals surface area (Å²) in [7, 11) is 0. The molecule has 2 unspecified atom stereocenters. The summed E-state index contributed by atoms with van der Waals surface area (Å²) < 4.78 is 0. The molecule has 4 heteroatoms. The number of benzene rings is 2. The van der Waals surface area contributed by atoms with Crippen molar-refractivity contribution in [3.63, 3.8) is 0 Å². The number of rotatable bonds is 7. The van der Waals surface area contributed by atoms with Crippen LogP contribution >= 0.6 is 0 Å². The molecule has 1 aliphatic carbocycles. The zero-order chi connectivity index (χ0) is 16.8. The third kappa shape index (κ3) is 4.83. The lowest BCUT2D eigenvalue weighted by Crippen LogP contribution is -2.42. The van der Waals surface area contributed by atoms with Gasteiger partial charge < -0.3 is 15.7 Å². The Morgan fingerprint density at radius 2 is 1.67 bits per heavy atom. The summed E-state index contributed by atoms with van der Waals surface area (Å²) in [6.45, 7) is 0.243. The van der Waals surface area contributed by atoms with Crippen LogP contribution in [0.5, 0.6) is 0 Å². The van der Waals surface area contributed by atoms with Crippen LogP contribution in [0.4, 0.5) is 4.79 Å². The van der Waals surface area contributed by atoms with E-state index in [0.29, 0.717) is 12.3 Å². The van der Waals surface area contributed by atoms with Gasteiger partial charge in [-0.15, -0.1) is 0 Å². The van der Waals surface area contributed by atoms with Gasteiger partial charge in [-0.05, 0) is 29.9 Å². The smallest absolute Gasteiger partial charge is 0.315 e. The lowest BCUT2D eigenvalue weighted by molar-refractivity contribution is 0.169. The Morgan fingerprint density at radius 3 is 2.29 bits per heavy atom. The zero-order valence-corrected chi connectivity index (χ0v) is 13.7. The van der Waals surface area contributed by atoms with Gasteiger partial charge in [-0.3, -0.25) is 0 Å². The molecule has 0 heterocycles. The fourth-order valence-electron chi connectivity index (χ4n) is 2.92. The van der Waals surface area contributed by atoms with Crippen molar-refractivity contribution in [3.05, 3.63) is 71.8 Å². The fraction of sp³-hybridized carbons (Fsp3) is 0.350. The molecule has 24 heavy (non-hydrogen) atoms. The standard InChI is InChI=1S/C20H24N2O2/c23-18(13-15-7-3-1-4-8-15)14-21-20(24)22-19(17-11-12-17)16-9-5-2-6-10-16/h1-10,17-19,23H,11-14H2,(H2,21,22,24). The minimum absolute atomic E-state index is 0.0532. The highest BCUT2D eigenvalue weighted by molar-refractivity contribution is 5.74. The molecule has 0 radical (unpaired) electrons. The van der Waals surface area contributed by atoms with E-state index in [0.717, 1.165) is 24.0 Å². The maximum Gasteiger partial charge on any atom is 0.315 e. The third-order valence-corrected chi connectivity index (χ3v) is 4.35. The molecular weight excluding hydrogens is 300 g/mol. The average molecular weight is 324 g/mol. The number of nitrogens with one attached hydrogen (secondary N) is 2. The molecule has 0 bridgehead atoms. The van der Waals surface area contributed by atoms with Gasteiger partial charge in [-0.1, -0.05) is 60.7 Å². The summed E-state index contributed by atoms with van der Waals surface area (Å²) >= 11 is 0. The van der Waals surface area contributed by atoms with Gasteiger partial charge in [-0.2, -0.15) is 0 Å². The van der Waals surface area contributed by atoms with E-state index in [1.807, 2.05) is 60.7 Å². The van der Waals surface area contributed by atoms with E-state index in [2.05, 4.69) is 10.6 Å². The SMILES string of the molecule is O=C(NCC(O)Cc1ccccc1)NC(c1ccccc1)C1CC1. The van der Waals surface area contributed by atoms with Gasteiger partial charge >= 0.3 is 6.03 Å². The predicted octanol–water partition coefficient (Wildman–Crippen LogP) is 3.04. The van der Waals surface area contributed by atoms with E-state index >= 15 is 0 Å². The number of hydrogen-bond acceptors (Lipinski definition) is 2. The summed E-state index contributed by atoms with van der Waals surface area (Å²) in [5, 5.41) is 15.9. The molecule has 3 rings (SSSR count). The number of carbonyl (C=O) groups excluding carboxylic acids is 1. The first-order valence-electron chi connectivity index (χ1n) is 8.53. The lowest BCUT2D eigenvalue weighted by atomic mass is 10.0. The first-order chi connectivity index (χ1) is 11.7. The van der Waals surface area contributed by atoms with Gasteiger partial charge in [0, 0.05) is 13.0 Å². The van der Waals surface area contributed by atoms with Crippen LogP contribution in [0, 0.1) is 5.92 Å². The highest BCUT2D eigenvalue weighted by Crippen LogP contribution is 2.40. The van der Waals surface area contributed by atoms with E-state index in [1.165, 1.54) is 0 Å². The highest BCUT2D eigenvalue weighted by Gasteiger charge is 2.33. The molecule has 126 valence electrons. The van der Waals surface area contributed by atoms with E-state index in [-0.39, 0.29) is 18.6 Å². The first-order valence-corrected chi connectivity index (χ1v) is 8.53. The van der Waals surface area contributed by atoms with Crippen LogP contribution in [0.15, 0.2) is 60.7 Å². The van der Waals surface area contributed by atoms with Crippen LogP contribution < -0.4 is 10.6 Å². The van der Waals surface area contributed by atoms with Gasteiger partial charge in [0.15, 0.2) is 0 Å². The van der Waals surface area contributed by atoms with Crippen molar-refractivity contribution in [2.45, 2.75) is 31.4 Å². The number of carbonyl (C=O) groups is 1. The van der Waals surface area contributed by atoms with Crippen LogP contribution in [-0.2, 0) is 6.42 Å². The van der Waals surface area contributed by atoms with Crippen LogP contribution in [0.25, 0.3) is 0 Å². The second kappa shape index (κ2) is 7.97. The molecule has 1 fully saturated rings. The molecule has 2 aromatic rings. The molecule has 2 atom stereocenters. The van der Waals surface area contributed by atoms with Crippen LogP contribution in [-0.4, -0.2) is 23.8 Å². The molecule has 0 spiro atoms. The second-order valence-electron chi connectivity index (χ2n) is 6.42. The normalized spacial score (nSPS) is 16.2. The van der Waals surface area contributed by atoms with Crippen molar-refractivity contribution < 1.29 is 9.90 Å². The summed E-state index contributed by atoms with van der Waals surface area (Å²) in [6.07, 6.45) is 2.24. The number of amides is 2. The average Bonchev–Trinajstić information content (AvgIpc) is 3.44. The summed E-state index contributed by atoms with van der Waals surface area (Å²) in [5.74, 6) is 0.521.